The molecule has 0 heterocycles. The fourth-order valence-electron chi connectivity index (χ4n) is 7.13. The van der Waals surface area contributed by atoms with Crippen molar-refractivity contribution in [2.75, 3.05) is 0 Å². The van der Waals surface area contributed by atoms with Gasteiger partial charge in [-0.25, -0.2) is 0 Å². The van der Waals surface area contributed by atoms with Gasteiger partial charge < -0.3 is 25.5 Å². The van der Waals surface area contributed by atoms with Gasteiger partial charge in [0, 0.05) is 5.41 Å². The minimum Gasteiger partial charge on any atom is -0.393 e. The van der Waals surface area contributed by atoms with Crippen LogP contribution in [0.3, 0.4) is 0 Å². The molecule has 144 valence electrons. The molecular weight excluding hydrogens is 332 g/mol. The van der Waals surface area contributed by atoms with Gasteiger partial charge in [-0.05, 0) is 60.8 Å². The van der Waals surface area contributed by atoms with Crippen LogP contribution in [0, 0.1) is 40.9 Å². The van der Waals surface area contributed by atoms with Gasteiger partial charge in [-0.3, -0.25) is 0 Å². The van der Waals surface area contributed by atoms with Gasteiger partial charge in [-0.1, -0.05) is 25.8 Å². The van der Waals surface area contributed by atoms with E-state index in [4.69, 9.17) is 6.42 Å². The highest BCUT2D eigenvalue weighted by atomic mass is 16.3. The molecule has 0 aromatic heterocycles. The first-order valence-corrected chi connectivity index (χ1v) is 9.73. The fraction of sp³-hybridized carbons (Fsp3) is 0.810. The SMILES string of the molecule is C#C[C@]1(O)[C@H](O)C[C@H]2[C@@H]3CC=C4[C@@H](O)[C@@H](O)CC[C@]4(C)[C@H]3[C@@H](O)C[C@@]21C. The van der Waals surface area contributed by atoms with Gasteiger partial charge in [0.2, 0.25) is 0 Å². The van der Waals surface area contributed by atoms with Gasteiger partial charge in [-0.2, -0.15) is 0 Å². The summed E-state index contributed by atoms with van der Waals surface area (Å²) in [6.07, 6.45) is 6.95. The van der Waals surface area contributed by atoms with E-state index in [0.717, 1.165) is 5.57 Å². The molecule has 0 spiro atoms. The zero-order valence-electron chi connectivity index (χ0n) is 15.5. The van der Waals surface area contributed by atoms with E-state index < -0.39 is 35.4 Å². The second-order valence-electron chi connectivity index (χ2n) is 9.51. The molecular formula is C21H30O5. The molecule has 4 aliphatic rings. The first kappa shape index (κ1) is 18.5. The van der Waals surface area contributed by atoms with Crippen LogP contribution in [0.15, 0.2) is 11.6 Å². The second kappa shape index (κ2) is 5.56. The van der Waals surface area contributed by atoms with E-state index in [2.05, 4.69) is 12.8 Å². The normalized spacial score (nSPS) is 58.8. The predicted molar refractivity (Wildman–Crippen MR) is 95.7 cm³/mol. The lowest BCUT2D eigenvalue weighted by atomic mass is 9.46. The molecule has 0 unspecified atom stereocenters. The third kappa shape index (κ3) is 2.00. The molecule has 3 saturated carbocycles. The molecule has 10 atom stereocenters. The number of aliphatic hydroxyl groups excluding tert-OH is 4. The average Bonchev–Trinajstić information content (AvgIpc) is 2.79. The van der Waals surface area contributed by atoms with Crippen LogP contribution in [0.5, 0.6) is 0 Å². The highest BCUT2D eigenvalue weighted by molar-refractivity contribution is 5.33. The van der Waals surface area contributed by atoms with Crippen molar-refractivity contribution in [2.24, 2.45) is 28.6 Å². The van der Waals surface area contributed by atoms with Crippen molar-refractivity contribution in [1.29, 1.82) is 0 Å². The number of fused-ring (bicyclic) bond motifs is 5. The Balaban J connectivity index is 1.78. The number of aliphatic hydroxyl groups is 5. The Bertz CT molecular complexity index is 682. The van der Waals surface area contributed by atoms with Crippen LogP contribution < -0.4 is 0 Å². The van der Waals surface area contributed by atoms with Crippen LogP contribution in [0.25, 0.3) is 0 Å². The summed E-state index contributed by atoms with van der Waals surface area (Å²) in [6, 6.07) is 0. The zero-order valence-corrected chi connectivity index (χ0v) is 15.5. The average molecular weight is 362 g/mol. The molecule has 4 aliphatic carbocycles. The van der Waals surface area contributed by atoms with Crippen LogP contribution in [0.1, 0.15) is 46.0 Å². The fourth-order valence-corrected chi connectivity index (χ4v) is 7.13. The van der Waals surface area contributed by atoms with E-state index in [0.29, 0.717) is 32.1 Å². The third-order valence-electron chi connectivity index (χ3n) is 8.54. The molecule has 5 N–H and O–H groups in total. The van der Waals surface area contributed by atoms with Crippen LogP contribution in [-0.4, -0.2) is 55.5 Å². The van der Waals surface area contributed by atoms with Gasteiger partial charge in [0.15, 0.2) is 5.60 Å². The zero-order chi connectivity index (χ0) is 19.1. The number of rotatable bonds is 0. The standard InChI is InChI=1S/C21H30O5/c1-4-21(26)16(24)9-13-11-5-6-12-18(25)14(22)7-8-19(12,2)17(11)15(23)10-20(13,21)3/h1,6,11,13-18,22-26H,5,7-10H2,2-3H3/t11-,13-,14-,15-,16+,17+,18+,19-,20-,21-/m0/s1. The van der Waals surface area contributed by atoms with Crippen molar-refractivity contribution in [2.45, 2.75) is 76.0 Å². The Morgan fingerprint density at radius 2 is 1.85 bits per heavy atom. The lowest BCUT2D eigenvalue weighted by Gasteiger charge is -2.60. The Hall–Kier alpha value is -0.900. The Morgan fingerprint density at radius 1 is 1.15 bits per heavy atom. The van der Waals surface area contributed by atoms with E-state index in [1.807, 2.05) is 13.0 Å². The summed E-state index contributed by atoms with van der Waals surface area (Å²) in [5, 5.41) is 53.3. The van der Waals surface area contributed by atoms with Gasteiger partial charge in [0.1, 0.15) is 6.10 Å². The van der Waals surface area contributed by atoms with Crippen LogP contribution >= 0.6 is 0 Å². The summed E-state index contributed by atoms with van der Waals surface area (Å²) in [4.78, 5) is 0. The summed E-state index contributed by atoms with van der Waals surface area (Å²) in [6.45, 7) is 3.98. The molecule has 3 fully saturated rings. The van der Waals surface area contributed by atoms with Crippen molar-refractivity contribution in [3.8, 4) is 12.3 Å². The van der Waals surface area contributed by atoms with E-state index in [1.54, 1.807) is 0 Å². The third-order valence-corrected chi connectivity index (χ3v) is 8.54. The van der Waals surface area contributed by atoms with E-state index in [1.165, 1.54) is 0 Å². The predicted octanol–water partition coefficient (Wildman–Crippen LogP) is 0.587. The lowest BCUT2D eigenvalue weighted by molar-refractivity contribution is -0.165. The lowest BCUT2D eigenvalue weighted by Crippen LogP contribution is -2.61. The van der Waals surface area contributed by atoms with E-state index in [9.17, 15) is 25.5 Å². The quantitative estimate of drug-likeness (QED) is 0.321. The van der Waals surface area contributed by atoms with Crippen LogP contribution in [0.4, 0.5) is 0 Å². The first-order chi connectivity index (χ1) is 12.1. The van der Waals surface area contributed by atoms with Crippen LogP contribution in [0.2, 0.25) is 0 Å². The Kier molecular flexibility index (Phi) is 3.95. The molecule has 0 aliphatic heterocycles. The van der Waals surface area contributed by atoms with Crippen molar-refractivity contribution in [1.82, 2.24) is 0 Å². The summed E-state index contributed by atoms with van der Waals surface area (Å²) in [7, 11) is 0. The number of allylic oxidation sites excluding steroid dienone is 1. The molecule has 0 amide bonds. The smallest absolute Gasteiger partial charge is 0.156 e. The molecule has 0 saturated heterocycles. The maximum absolute atomic E-state index is 11.2. The van der Waals surface area contributed by atoms with Gasteiger partial charge >= 0.3 is 0 Å². The highest BCUT2D eigenvalue weighted by Gasteiger charge is 2.69. The minimum absolute atomic E-state index is 0.00516. The monoisotopic (exact) mass is 362 g/mol. The van der Waals surface area contributed by atoms with Crippen molar-refractivity contribution < 1.29 is 25.5 Å². The van der Waals surface area contributed by atoms with Crippen molar-refractivity contribution in [3.63, 3.8) is 0 Å². The van der Waals surface area contributed by atoms with Crippen molar-refractivity contribution >= 4 is 0 Å². The maximum atomic E-state index is 11.2. The summed E-state index contributed by atoms with van der Waals surface area (Å²) in [5.41, 5.74) is -1.91. The molecule has 0 radical (unpaired) electrons. The highest BCUT2D eigenvalue weighted by Crippen LogP contribution is 2.67. The summed E-state index contributed by atoms with van der Waals surface area (Å²) < 4.78 is 0. The molecule has 5 heteroatoms. The van der Waals surface area contributed by atoms with E-state index >= 15 is 0 Å². The Labute approximate surface area is 154 Å². The van der Waals surface area contributed by atoms with Crippen molar-refractivity contribution in [3.05, 3.63) is 11.6 Å². The molecule has 0 bridgehead atoms. The minimum atomic E-state index is -1.63. The first-order valence-electron chi connectivity index (χ1n) is 9.73. The van der Waals surface area contributed by atoms with E-state index in [-0.39, 0.29) is 23.2 Å². The molecule has 26 heavy (non-hydrogen) atoms. The molecule has 0 aromatic rings. The molecule has 5 nitrogen and oxygen atoms in total. The number of hydrogen-bond acceptors (Lipinski definition) is 5. The van der Waals surface area contributed by atoms with Gasteiger partial charge in [-0.15, -0.1) is 6.42 Å². The molecule has 4 rings (SSSR count). The second-order valence-corrected chi connectivity index (χ2v) is 9.51. The molecule has 0 aromatic carbocycles. The summed E-state index contributed by atoms with van der Waals surface area (Å²) in [5.74, 6) is 2.44. The largest absolute Gasteiger partial charge is 0.393 e. The summed E-state index contributed by atoms with van der Waals surface area (Å²) >= 11 is 0. The van der Waals surface area contributed by atoms with Gasteiger partial charge in [0.25, 0.3) is 0 Å². The number of terminal acetylenes is 1. The van der Waals surface area contributed by atoms with Crippen LogP contribution in [-0.2, 0) is 0 Å². The van der Waals surface area contributed by atoms with Gasteiger partial charge in [0.05, 0.1) is 18.3 Å². The Morgan fingerprint density at radius 3 is 2.50 bits per heavy atom. The maximum Gasteiger partial charge on any atom is 0.156 e. The topological polar surface area (TPSA) is 101 Å². The number of hydrogen-bond donors (Lipinski definition) is 5.